The molecule has 0 bridgehead atoms. The normalized spacial score (nSPS) is 15.7. The Balaban J connectivity index is 3.29. The van der Waals surface area contributed by atoms with E-state index in [-0.39, 0.29) is 0 Å². The van der Waals surface area contributed by atoms with Gasteiger partial charge in [0.25, 0.3) is 0 Å². The molecule has 80 valence electrons. The molecule has 0 nitrogen and oxygen atoms in total. The standard InChI is InChI=1S/C13H28/c1-5-7-9-13(4)11-10-12(3)8-6-2/h12-13H,5-11H2,1-4H3. The Labute approximate surface area is 85.1 Å². The highest BCUT2D eigenvalue weighted by atomic mass is 14.1. The molecule has 0 fully saturated rings. The molecule has 0 aliphatic rings. The van der Waals surface area contributed by atoms with Crippen molar-refractivity contribution in [3.05, 3.63) is 0 Å². The van der Waals surface area contributed by atoms with Gasteiger partial charge in [-0.3, -0.25) is 0 Å². The average Bonchev–Trinajstić information content (AvgIpc) is 2.12. The molecule has 0 aromatic heterocycles. The molecule has 0 aromatic rings. The SMILES string of the molecule is CCCCC(C)CCC(C)CCC. The predicted octanol–water partition coefficient (Wildman–Crippen LogP) is 5.03. The molecule has 2 atom stereocenters. The minimum Gasteiger partial charge on any atom is -0.0654 e. The zero-order valence-corrected chi connectivity index (χ0v) is 10.1. The van der Waals surface area contributed by atoms with Crippen LogP contribution in [-0.4, -0.2) is 0 Å². The molecule has 2 unspecified atom stereocenters. The van der Waals surface area contributed by atoms with Crippen molar-refractivity contribution in [1.82, 2.24) is 0 Å². The van der Waals surface area contributed by atoms with Gasteiger partial charge in [-0.2, -0.15) is 0 Å². The molecule has 0 spiro atoms. The average molecular weight is 184 g/mol. The first-order valence-electron chi connectivity index (χ1n) is 6.20. The van der Waals surface area contributed by atoms with Crippen LogP contribution >= 0.6 is 0 Å². The smallest absolute Gasteiger partial charge is 0.0443 e. The summed E-state index contributed by atoms with van der Waals surface area (Å²) in [6.07, 6.45) is 9.87. The fourth-order valence-corrected chi connectivity index (χ4v) is 1.90. The van der Waals surface area contributed by atoms with Gasteiger partial charge in [0.05, 0.1) is 0 Å². The molecule has 0 aromatic carbocycles. The third-order valence-corrected chi connectivity index (χ3v) is 2.98. The van der Waals surface area contributed by atoms with Gasteiger partial charge in [-0.1, -0.05) is 72.6 Å². The topological polar surface area (TPSA) is 0 Å². The summed E-state index contributed by atoms with van der Waals surface area (Å²) >= 11 is 0. The lowest BCUT2D eigenvalue weighted by Gasteiger charge is -2.14. The zero-order chi connectivity index (χ0) is 10.1. The van der Waals surface area contributed by atoms with Crippen LogP contribution in [0.4, 0.5) is 0 Å². The van der Waals surface area contributed by atoms with Crippen molar-refractivity contribution in [1.29, 1.82) is 0 Å². The minimum atomic E-state index is 0.953. The van der Waals surface area contributed by atoms with E-state index in [1.54, 1.807) is 0 Å². The molecule has 0 heteroatoms. The van der Waals surface area contributed by atoms with Gasteiger partial charge in [-0.15, -0.1) is 0 Å². The fraction of sp³-hybridized carbons (Fsp3) is 1.00. The Kier molecular flexibility index (Phi) is 8.59. The highest BCUT2D eigenvalue weighted by molar-refractivity contribution is 4.58. The van der Waals surface area contributed by atoms with E-state index in [1.807, 2.05) is 0 Å². The third kappa shape index (κ3) is 8.33. The van der Waals surface area contributed by atoms with Crippen LogP contribution in [0.15, 0.2) is 0 Å². The maximum atomic E-state index is 2.41. The van der Waals surface area contributed by atoms with E-state index < -0.39 is 0 Å². The molecule has 13 heavy (non-hydrogen) atoms. The Bertz CT molecular complexity index is 96.2. The lowest BCUT2D eigenvalue weighted by molar-refractivity contribution is 0.389. The summed E-state index contributed by atoms with van der Waals surface area (Å²) in [6, 6.07) is 0. The Morgan fingerprint density at radius 1 is 0.692 bits per heavy atom. The lowest BCUT2D eigenvalue weighted by atomic mass is 9.92. The second-order valence-corrected chi connectivity index (χ2v) is 4.72. The maximum absolute atomic E-state index is 2.41. The van der Waals surface area contributed by atoms with Crippen LogP contribution in [0.2, 0.25) is 0 Å². The molecule has 0 aliphatic heterocycles. The van der Waals surface area contributed by atoms with Gasteiger partial charge >= 0.3 is 0 Å². The summed E-state index contributed by atoms with van der Waals surface area (Å²) in [5.41, 5.74) is 0. The summed E-state index contributed by atoms with van der Waals surface area (Å²) in [7, 11) is 0. The van der Waals surface area contributed by atoms with E-state index in [9.17, 15) is 0 Å². The van der Waals surface area contributed by atoms with Crippen LogP contribution in [0.5, 0.6) is 0 Å². The second kappa shape index (κ2) is 8.59. The monoisotopic (exact) mass is 184 g/mol. The molecule has 0 saturated heterocycles. The van der Waals surface area contributed by atoms with Gasteiger partial charge in [0.2, 0.25) is 0 Å². The predicted molar refractivity (Wildman–Crippen MR) is 62.0 cm³/mol. The minimum absolute atomic E-state index is 0.953. The fourth-order valence-electron chi connectivity index (χ4n) is 1.90. The van der Waals surface area contributed by atoms with Gasteiger partial charge in [-0.25, -0.2) is 0 Å². The summed E-state index contributed by atoms with van der Waals surface area (Å²) in [5.74, 6) is 1.91. The van der Waals surface area contributed by atoms with Crippen molar-refractivity contribution in [2.24, 2.45) is 11.8 Å². The van der Waals surface area contributed by atoms with Gasteiger partial charge in [-0.05, 0) is 11.8 Å². The van der Waals surface area contributed by atoms with E-state index in [2.05, 4.69) is 27.7 Å². The Morgan fingerprint density at radius 3 is 1.69 bits per heavy atom. The first kappa shape index (κ1) is 13.0. The van der Waals surface area contributed by atoms with E-state index in [4.69, 9.17) is 0 Å². The van der Waals surface area contributed by atoms with E-state index in [0.29, 0.717) is 0 Å². The van der Waals surface area contributed by atoms with Crippen molar-refractivity contribution >= 4 is 0 Å². The largest absolute Gasteiger partial charge is 0.0654 e. The van der Waals surface area contributed by atoms with E-state index in [1.165, 1.54) is 44.9 Å². The Hall–Kier alpha value is 0. The van der Waals surface area contributed by atoms with Gasteiger partial charge in [0.1, 0.15) is 0 Å². The molecule has 0 heterocycles. The molecule has 0 aliphatic carbocycles. The Morgan fingerprint density at radius 2 is 1.23 bits per heavy atom. The lowest BCUT2D eigenvalue weighted by Crippen LogP contribution is -2.00. The molecule has 0 saturated carbocycles. The summed E-state index contributed by atoms with van der Waals surface area (Å²) < 4.78 is 0. The first-order valence-corrected chi connectivity index (χ1v) is 6.20. The van der Waals surface area contributed by atoms with Crippen LogP contribution in [-0.2, 0) is 0 Å². The van der Waals surface area contributed by atoms with Crippen molar-refractivity contribution < 1.29 is 0 Å². The van der Waals surface area contributed by atoms with Crippen LogP contribution in [0.1, 0.15) is 72.6 Å². The van der Waals surface area contributed by atoms with Crippen molar-refractivity contribution in [3.63, 3.8) is 0 Å². The highest BCUT2D eigenvalue weighted by Gasteiger charge is 2.05. The summed E-state index contributed by atoms with van der Waals surface area (Å²) in [6.45, 7) is 9.38. The van der Waals surface area contributed by atoms with E-state index in [0.717, 1.165) is 11.8 Å². The van der Waals surface area contributed by atoms with Crippen LogP contribution in [0, 0.1) is 11.8 Å². The van der Waals surface area contributed by atoms with Crippen molar-refractivity contribution in [2.75, 3.05) is 0 Å². The molecular formula is C13H28. The number of unbranched alkanes of at least 4 members (excludes halogenated alkanes) is 1. The molecular weight excluding hydrogens is 156 g/mol. The molecule has 0 radical (unpaired) electrons. The number of hydrogen-bond acceptors (Lipinski definition) is 0. The van der Waals surface area contributed by atoms with Gasteiger partial charge in [0, 0.05) is 0 Å². The quantitative estimate of drug-likeness (QED) is 0.496. The third-order valence-electron chi connectivity index (χ3n) is 2.98. The summed E-state index contributed by atoms with van der Waals surface area (Å²) in [4.78, 5) is 0. The van der Waals surface area contributed by atoms with Gasteiger partial charge < -0.3 is 0 Å². The van der Waals surface area contributed by atoms with Crippen LogP contribution in [0.3, 0.4) is 0 Å². The zero-order valence-electron chi connectivity index (χ0n) is 10.1. The van der Waals surface area contributed by atoms with Crippen LogP contribution in [0.25, 0.3) is 0 Å². The molecule has 0 rings (SSSR count). The number of hydrogen-bond donors (Lipinski definition) is 0. The van der Waals surface area contributed by atoms with E-state index >= 15 is 0 Å². The second-order valence-electron chi connectivity index (χ2n) is 4.72. The first-order chi connectivity index (χ1) is 6.20. The number of rotatable bonds is 8. The molecule has 0 N–H and O–H groups in total. The van der Waals surface area contributed by atoms with Gasteiger partial charge in [0.15, 0.2) is 0 Å². The molecule has 0 amide bonds. The van der Waals surface area contributed by atoms with Crippen molar-refractivity contribution in [2.45, 2.75) is 72.6 Å². The van der Waals surface area contributed by atoms with Crippen molar-refractivity contribution in [3.8, 4) is 0 Å². The summed E-state index contributed by atoms with van der Waals surface area (Å²) in [5, 5.41) is 0. The maximum Gasteiger partial charge on any atom is -0.0443 e. The highest BCUT2D eigenvalue weighted by Crippen LogP contribution is 2.19. The van der Waals surface area contributed by atoms with Crippen LogP contribution < -0.4 is 0 Å².